The summed E-state index contributed by atoms with van der Waals surface area (Å²) in [5.41, 5.74) is 5.24. The predicted octanol–water partition coefficient (Wildman–Crippen LogP) is 2.65. The fraction of sp³-hybridized carbons (Fsp3) is 0.222. The lowest BCUT2D eigenvalue weighted by Crippen LogP contribution is -2.33. The molecule has 0 aliphatic rings. The van der Waals surface area contributed by atoms with Crippen LogP contribution >= 0.6 is 0 Å². The molecule has 0 aliphatic heterocycles. The van der Waals surface area contributed by atoms with Crippen molar-refractivity contribution in [3.8, 4) is 11.8 Å². The van der Waals surface area contributed by atoms with Gasteiger partial charge in [0, 0.05) is 24.1 Å². The normalized spacial score (nSPS) is 10.6. The van der Waals surface area contributed by atoms with Gasteiger partial charge in [0.05, 0.1) is 12.8 Å². The molecular weight excluding hydrogens is 474 g/mol. The third kappa shape index (κ3) is 7.62. The van der Waals surface area contributed by atoms with Crippen molar-refractivity contribution in [3.05, 3.63) is 92.9 Å². The van der Waals surface area contributed by atoms with Crippen molar-refractivity contribution in [2.45, 2.75) is 27.0 Å². The number of carbonyl (C=O) groups is 2. The number of hydrogen-bond donors (Lipinski definition) is 2. The standard InChI is InChI=1S/C27H27N5O5/c1-18-4-8-22(9-5-18)30-26(34)17-37-23-10-6-20(7-11-23)14-29-31-25(33)15-32-19(2)12-21(16-36-3)24(13-28)27(32)35/h4-12,14H,15-17H2,1-3H3,(H,30,34)(H,31,33). The average molecular weight is 502 g/mol. The van der Waals surface area contributed by atoms with Gasteiger partial charge in [-0.3, -0.25) is 14.4 Å². The second-order valence-corrected chi connectivity index (χ2v) is 8.19. The third-order valence-corrected chi connectivity index (χ3v) is 5.29. The summed E-state index contributed by atoms with van der Waals surface area (Å²) in [4.78, 5) is 37.0. The Morgan fingerprint density at radius 2 is 1.78 bits per heavy atom. The lowest BCUT2D eigenvalue weighted by Gasteiger charge is -2.12. The summed E-state index contributed by atoms with van der Waals surface area (Å²) >= 11 is 0. The minimum atomic E-state index is -0.559. The van der Waals surface area contributed by atoms with Crippen LogP contribution in [-0.2, 0) is 27.5 Å². The van der Waals surface area contributed by atoms with Gasteiger partial charge in [-0.05, 0) is 61.9 Å². The van der Waals surface area contributed by atoms with Crippen LogP contribution in [0.15, 0.2) is 64.5 Å². The Kier molecular flexibility index (Phi) is 9.29. The Labute approximate surface area is 214 Å². The fourth-order valence-electron chi connectivity index (χ4n) is 3.41. The molecule has 0 aliphatic carbocycles. The number of nitrogens with one attached hydrogen (secondary N) is 2. The van der Waals surface area contributed by atoms with Gasteiger partial charge >= 0.3 is 0 Å². The summed E-state index contributed by atoms with van der Waals surface area (Å²) in [5, 5.41) is 16.0. The number of hydrogen-bond acceptors (Lipinski definition) is 7. The van der Waals surface area contributed by atoms with E-state index in [9.17, 15) is 19.6 Å². The summed E-state index contributed by atoms with van der Waals surface area (Å²) in [6.07, 6.45) is 1.43. The molecule has 0 radical (unpaired) electrons. The molecule has 190 valence electrons. The number of aryl methyl sites for hydroxylation is 2. The zero-order valence-electron chi connectivity index (χ0n) is 20.8. The smallest absolute Gasteiger partial charge is 0.269 e. The van der Waals surface area contributed by atoms with E-state index in [1.807, 2.05) is 37.3 Å². The van der Waals surface area contributed by atoms with Crippen LogP contribution in [0.3, 0.4) is 0 Å². The number of ether oxygens (including phenoxy) is 2. The molecule has 37 heavy (non-hydrogen) atoms. The number of nitriles is 1. The molecule has 0 saturated heterocycles. The monoisotopic (exact) mass is 501 g/mol. The number of hydrazone groups is 1. The van der Waals surface area contributed by atoms with Crippen molar-refractivity contribution in [2.75, 3.05) is 19.0 Å². The zero-order valence-corrected chi connectivity index (χ0v) is 20.8. The van der Waals surface area contributed by atoms with Crippen molar-refractivity contribution in [1.29, 1.82) is 5.26 Å². The van der Waals surface area contributed by atoms with Crippen molar-refractivity contribution in [2.24, 2.45) is 5.10 Å². The maximum atomic E-state index is 12.6. The van der Waals surface area contributed by atoms with E-state index >= 15 is 0 Å². The zero-order chi connectivity index (χ0) is 26.8. The second-order valence-electron chi connectivity index (χ2n) is 8.19. The Bertz CT molecular complexity index is 1390. The van der Waals surface area contributed by atoms with Gasteiger partial charge in [0.2, 0.25) is 0 Å². The highest BCUT2D eigenvalue weighted by atomic mass is 16.5. The van der Waals surface area contributed by atoms with Gasteiger partial charge in [0.1, 0.15) is 23.9 Å². The summed E-state index contributed by atoms with van der Waals surface area (Å²) in [7, 11) is 1.47. The summed E-state index contributed by atoms with van der Waals surface area (Å²) in [6, 6.07) is 17.8. The molecule has 1 heterocycles. The molecule has 3 aromatic rings. The molecule has 3 rings (SSSR count). The summed E-state index contributed by atoms with van der Waals surface area (Å²) < 4.78 is 11.7. The van der Waals surface area contributed by atoms with Crippen molar-refractivity contribution < 1.29 is 19.1 Å². The third-order valence-electron chi connectivity index (χ3n) is 5.29. The van der Waals surface area contributed by atoms with Crippen LogP contribution in [0.2, 0.25) is 0 Å². The topological polar surface area (TPSA) is 135 Å². The quantitative estimate of drug-likeness (QED) is 0.324. The molecule has 2 amide bonds. The molecule has 2 aromatic carbocycles. The first kappa shape index (κ1) is 26.8. The minimum absolute atomic E-state index is 0.0568. The molecule has 0 bridgehead atoms. The van der Waals surface area contributed by atoms with E-state index < -0.39 is 11.5 Å². The van der Waals surface area contributed by atoms with E-state index in [2.05, 4.69) is 15.8 Å². The lowest BCUT2D eigenvalue weighted by atomic mass is 10.1. The van der Waals surface area contributed by atoms with E-state index in [-0.39, 0.29) is 31.2 Å². The Morgan fingerprint density at radius 1 is 1.08 bits per heavy atom. The lowest BCUT2D eigenvalue weighted by molar-refractivity contribution is -0.121. The van der Waals surface area contributed by atoms with Crippen LogP contribution in [0, 0.1) is 25.2 Å². The maximum absolute atomic E-state index is 12.6. The molecule has 0 saturated carbocycles. The molecule has 2 N–H and O–H groups in total. The Hall–Kier alpha value is -4.75. The SMILES string of the molecule is COCc1cc(C)n(CC(=O)NN=Cc2ccc(OCC(=O)Nc3ccc(C)cc3)cc2)c(=O)c1C#N. The first-order chi connectivity index (χ1) is 17.8. The molecule has 1 aromatic heterocycles. The molecule has 0 fully saturated rings. The molecular formula is C27H27N5O5. The average Bonchev–Trinajstić information content (AvgIpc) is 2.88. The van der Waals surface area contributed by atoms with Crippen LogP contribution in [-0.4, -0.2) is 36.3 Å². The van der Waals surface area contributed by atoms with Gasteiger partial charge in [-0.15, -0.1) is 0 Å². The van der Waals surface area contributed by atoms with E-state index in [0.29, 0.717) is 28.3 Å². The number of methoxy groups -OCH3 is 1. The highest BCUT2D eigenvalue weighted by Crippen LogP contribution is 2.12. The number of amides is 2. The summed E-state index contributed by atoms with van der Waals surface area (Å²) in [6.45, 7) is 3.34. The van der Waals surface area contributed by atoms with Crippen molar-refractivity contribution in [1.82, 2.24) is 9.99 Å². The second kappa shape index (κ2) is 12.8. The van der Waals surface area contributed by atoms with Crippen LogP contribution in [0.5, 0.6) is 5.75 Å². The highest BCUT2D eigenvalue weighted by Gasteiger charge is 2.14. The highest BCUT2D eigenvalue weighted by molar-refractivity contribution is 5.91. The van der Waals surface area contributed by atoms with Gasteiger partial charge < -0.3 is 19.4 Å². The molecule has 0 spiro atoms. The minimum Gasteiger partial charge on any atom is -0.484 e. The Balaban J connectivity index is 1.51. The number of nitrogens with zero attached hydrogens (tertiary/aromatic N) is 3. The Morgan fingerprint density at radius 3 is 2.43 bits per heavy atom. The van der Waals surface area contributed by atoms with E-state index in [0.717, 1.165) is 5.56 Å². The summed E-state index contributed by atoms with van der Waals surface area (Å²) in [5.74, 6) is -0.300. The fourth-order valence-corrected chi connectivity index (χ4v) is 3.41. The van der Waals surface area contributed by atoms with Crippen LogP contribution in [0.25, 0.3) is 0 Å². The van der Waals surface area contributed by atoms with E-state index in [4.69, 9.17) is 9.47 Å². The maximum Gasteiger partial charge on any atom is 0.269 e. The molecule has 0 unspecified atom stereocenters. The number of anilines is 1. The van der Waals surface area contributed by atoms with E-state index in [1.165, 1.54) is 17.9 Å². The van der Waals surface area contributed by atoms with Gasteiger partial charge in [-0.1, -0.05) is 17.7 Å². The number of pyridine rings is 1. The van der Waals surface area contributed by atoms with Gasteiger partial charge in [-0.2, -0.15) is 10.4 Å². The van der Waals surface area contributed by atoms with E-state index in [1.54, 1.807) is 37.3 Å². The van der Waals surface area contributed by atoms with Crippen LogP contribution in [0.1, 0.15) is 27.9 Å². The predicted molar refractivity (Wildman–Crippen MR) is 138 cm³/mol. The number of aromatic nitrogens is 1. The van der Waals surface area contributed by atoms with Gasteiger partial charge in [0.25, 0.3) is 17.4 Å². The number of carbonyl (C=O) groups excluding carboxylic acids is 2. The first-order valence-corrected chi connectivity index (χ1v) is 11.3. The number of benzene rings is 2. The largest absolute Gasteiger partial charge is 0.484 e. The molecule has 10 heteroatoms. The van der Waals surface area contributed by atoms with Gasteiger partial charge in [-0.25, -0.2) is 5.43 Å². The molecule has 0 atom stereocenters. The van der Waals surface area contributed by atoms with Gasteiger partial charge in [0.15, 0.2) is 6.61 Å². The number of rotatable bonds is 10. The van der Waals surface area contributed by atoms with Crippen molar-refractivity contribution >= 4 is 23.7 Å². The van der Waals surface area contributed by atoms with Crippen LogP contribution in [0.4, 0.5) is 5.69 Å². The van der Waals surface area contributed by atoms with Crippen LogP contribution < -0.4 is 21.0 Å². The molecule has 10 nitrogen and oxygen atoms in total. The first-order valence-electron chi connectivity index (χ1n) is 11.3. The van der Waals surface area contributed by atoms with Crippen molar-refractivity contribution in [3.63, 3.8) is 0 Å².